The molecule has 3 aromatic heterocycles. The molecule has 0 radical (unpaired) electrons. The fourth-order valence-electron chi connectivity index (χ4n) is 3.88. The Labute approximate surface area is 174 Å². The number of amides is 1. The number of primary amides is 1. The van der Waals surface area contributed by atoms with Crippen LogP contribution in [0.15, 0.2) is 24.4 Å². The lowest BCUT2D eigenvalue weighted by Gasteiger charge is -2.09. The third-order valence-electron chi connectivity index (χ3n) is 5.25. The molecule has 1 aromatic carbocycles. The third kappa shape index (κ3) is 3.13. The number of carbonyl (C=O) groups is 1. The second-order valence-electron chi connectivity index (χ2n) is 7.25. The van der Waals surface area contributed by atoms with Crippen molar-refractivity contribution in [1.82, 2.24) is 29.7 Å². The number of nitro benzene ring substituents is 1. The Morgan fingerprint density at radius 1 is 1.32 bits per heavy atom. The Morgan fingerprint density at radius 3 is 2.94 bits per heavy atom. The van der Waals surface area contributed by atoms with Crippen LogP contribution in [0.1, 0.15) is 28.0 Å². The van der Waals surface area contributed by atoms with Crippen LogP contribution in [0.5, 0.6) is 0 Å². The molecule has 0 unspecified atom stereocenters. The van der Waals surface area contributed by atoms with Crippen LogP contribution in [-0.4, -0.2) is 40.5 Å². The summed E-state index contributed by atoms with van der Waals surface area (Å²) in [6, 6.07) is 4.39. The average Bonchev–Trinajstić information content (AvgIpc) is 3.21. The van der Waals surface area contributed by atoms with Gasteiger partial charge in [0.15, 0.2) is 5.69 Å². The van der Waals surface area contributed by atoms with E-state index in [4.69, 9.17) is 5.73 Å². The number of carbonyl (C=O) groups excluding carboxylic acids is 1. The minimum atomic E-state index is -0.566. The summed E-state index contributed by atoms with van der Waals surface area (Å²) >= 11 is 0. The first kappa shape index (κ1) is 18.7. The quantitative estimate of drug-likeness (QED) is 0.333. The second kappa shape index (κ2) is 6.86. The van der Waals surface area contributed by atoms with Gasteiger partial charge in [-0.1, -0.05) is 0 Å². The van der Waals surface area contributed by atoms with Crippen molar-refractivity contribution in [3.63, 3.8) is 0 Å². The molecule has 1 amide bonds. The van der Waals surface area contributed by atoms with Crippen LogP contribution in [0.3, 0.4) is 0 Å². The number of rotatable bonds is 4. The van der Waals surface area contributed by atoms with Crippen molar-refractivity contribution in [1.29, 1.82) is 0 Å². The molecule has 156 valence electrons. The zero-order valence-electron chi connectivity index (χ0n) is 16.4. The molecule has 5 rings (SSSR count). The van der Waals surface area contributed by atoms with Gasteiger partial charge in [0.1, 0.15) is 0 Å². The van der Waals surface area contributed by atoms with Gasteiger partial charge in [-0.3, -0.25) is 24.9 Å². The summed E-state index contributed by atoms with van der Waals surface area (Å²) in [6.45, 7) is 0. The third-order valence-corrected chi connectivity index (χ3v) is 5.25. The topological polar surface area (TPSA) is 171 Å². The molecule has 4 aromatic rings. The smallest absolute Gasteiger partial charge is 0.271 e. The van der Waals surface area contributed by atoms with Gasteiger partial charge in [0.2, 0.25) is 11.9 Å². The number of hydrogen-bond acceptors (Lipinski definition) is 8. The Balaban J connectivity index is 1.54. The highest BCUT2D eigenvalue weighted by Gasteiger charge is 2.26. The van der Waals surface area contributed by atoms with Crippen LogP contribution < -0.4 is 11.1 Å². The zero-order valence-corrected chi connectivity index (χ0v) is 16.4. The van der Waals surface area contributed by atoms with Crippen molar-refractivity contribution in [3.8, 4) is 11.4 Å². The SMILES string of the molecule is Cn1nc(C(N)=O)c2c1-c1nc(Nc3nc4cc([N+](=O)[O-])ccc4[nH]3)ncc1CCC2. The first-order valence-corrected chi connectivity index (χ1v) is 9.54. The molecule has 1 aliphatic carbocycles. The van der Waals surface area contributed by atoms with Crippen molar-refractivity contribution in [2.45, 2.75) is 19.3 Å². The number of nitro groups is 1. The molecule has 0 aliphatic heterocycles. The van der Waals surface area contributed by atoms with Crippen molar-refractivity contribution in [2.24, 2.45) is 12.8 Å². The van der Waals surface area contributed by atoms with Gasteiger partial charge in [0.25, 0.3) is 11.6 Å². The molecule has 0 atom stereocenters. The van der Waals surface area contributed by atoms with Gasteiger partial charge in [-0.15, -0.1) is 0 Å². The van der Waals surface area contributed by atoms with Crippen LogP contribution in [0.2, 0.25) is 0 Å². The number of hydrogen-bond donors (Lipinski definition) is 3. The Kier molecular flexibility index (Phi) is 4.13. The molecule has 1 aliphatic rings. The predicted molar refractivity (Wildman–Crippen MR) is 111 cm³/mol. The van der Waals surface area contributed by atoms with E-state index in [0.29, 0.717) is 35.0 Å². The first-order chi connectivity index (χ1) is 14.9. The molecule has 4 N–H and O–H groups in total. The second-order valence-corrected chi connectivity index (χ2v) is 7.25. The maximum atomic E-state index is 11.8. The van der Waals surface area contributed by atoms with Crippen LogP contribution >= 0.6 is 0 Å². The minimum Gasteiger partial charge on any atom is -0.364 e. The van der Waals surface area contributed by atoms with E-state index in [2.05, 4.69) is 30.4 Å². The fourth-order valence-corrected chi connectivity index (χ4v) is 3.88. The number of nitrogens with two attached hydrogens (primary N) is 1. The predicted octanol–water partition coefficient (Wildman–Crippen LogP) is 1.99. The lowest BCUT2D eigenvalue weighted by atomic mass is 10.1. The number of anilines is 2. The Morgan fingerprint density at radius 2 is 2.16 bits per heavy atom. The van der Waals surface area contributed by atoms with Gasteiger partial charge in [0, 0.05) is 30.9 Å². The number of benzene rings is 1. The number of non-ortho nitro benzene ring substituents is 1. The number of imidazole rings is 1. The maximum Gasteiger partial charge on any atom is 0.271 e. The standard InChI is InChI=1S/C19H17N9O3/c1-27-16-11(15(26-27)17(20)29)4-2-3-9-8-21-18(24-14(9)16)25-19-22-12-6-5-10(28(30)31)7-13(12)23-19/h5-8H,2-4H2,1H3,(H2,20,29)(H2,21,22,23,24,25). The van der Waals surface area contributed by atoms with Gasteiger partial charge >= 0.3 is 0 Å². The molecule has 12 heteroatoms. The van der Waals surface area contributed by atoms with E-state index >= 15 is 0 Å². The van der Waals surface area contributed by atoms with Crippen molar-refractivity contribution < 1.29 is 9.72 Å². The Hall–Kier alpha value is -4.35. The molecule has 31 heavy (non-hydrogen) atoms. The van der Waals surface area contributed by atoms with E-state index in [1.807, 2.05) is 0 Å². The monoisotopic (exact) mass is 419 g/mol. The van der Waals surface area contributed by atoms with Crippen LogP contribution in [0.25, 0.3) is 22.4 Å². The van der Waals surface area contributed by atoms with Gasteiger partial charge in [-0.05, 0) is 30.9 Å². The van der Waals surface area contributed by atoms with Crippen LogP contribution in [0.4, 0.5) is 17.6 Å². The molecule has 0 fully saturated rings. The summed E-state index contributed by atoms with van der Waals surface area (Å²) in [7, 11) is 1.75. The molecule has 0 saturated carbocycles. The van der Waals surface area contributed by atoms with Gasteiger partial charge in [-0.2, -0.15) is 5.10 Å². The molecule has 0 saturated heterocycles. The Bertz CT molecular complexity index is 1370. The zero-order chi connectivity index (χ0) is 21.7. The summed E-state index contributed by atoms with van der Waals surface area (Å²) in [5.74, 6) is 0.0816. The van der Waals surface area contributed by atoms with E-state index in [9.17, 15) is 14.9 Å². The van der Waals surface area contributed by atoms with E-state index in [1.54, 1.807) is 24.0 Å². The van der Waals surface area contributed by atoms with Crippen molar-refractivity contribution in [3.05, 3.63) is 51.3 Å². The summed E-state index contributed by atoms with van der Waals surface area (Å²) in [5.41, 5.74) is 9.98. The summed E-state index contributed by atoms with van der Waals surface area (Å²) in [4.78, 5) is 38.7. The van der Waals surface area contributed by atoms with Gasteiger partial charge in [-0.25, -0.2) is 15.0 Å². The molecular weight excluding hydrogens is 402 g/mol. The lowest BCUT2D eigenvalue weighted by Crippen LogP contribution is -2.14. The van der Waals surface area contributed by atoms with Gasteiger partial charge < -0.3 is 10.7 Å². The number of nitrogens with one attached hydrogen (secondary N) is 2. The number of H-pyrrole nitrogens is 1. The normalized spacial score (nSPS) is 12.8. The van der Waals surface area contributed by atoms with E-state index < -0.39 is 10.8 Å². The van der Waals surface area contributed by atoms with E-state index in [-0.39, 0.29) is 11.4 Å². The average molecular weight is 419 g/mol. The number of fused-ring (bicyclic) bond motifs is 4. The van der Waals surface area contributed by atoms with E-state index in [0.717, 1.165) is 29.7 Å². The van der Waals surface area contributed by atoms with Crippen molar-refractivity contribution >= 4 is 34.5 Å². The molecular formula is C19H17N9O3. The highest BCUT2D eigenvalue weighted by Crippen LogP contribution is 2.33. The number of nitrogens with zero attached hydrogens (tertiary/aromatic N) is 6. The number of aromatic amines is 1. The molecule has 0 bridgehead atoms. The molecule has 0 spiro atoms. The summed E-state index contributed by atoms with van der Waals surface area (Å²) in [6.07, 6.45) is 3.99. The van der Waals surface area contributed by atoms with Crippen LogP contribution in [0, 0.1) is 10.1 Å². The van der Waals surface area contributed by atoms with Crippen LogP contribution in [-0.2, 0) is 19.9 Å². The number of aromatic nitrogens is 6. The fraction of sp³-hybridized carbons (Fsp3) is 0.211. The number of aryl methyl sites for hydroxylation is 2. The largest absolute Gasteiger partial charge is 0.364 e. The minimum absolute atomic E-state index is 0.0409. The van der Waals surface area contributed by atoms with E-state index in [1.165, 1.54) is 12.1 Å². The first-order valence-electron chi connectivity index (χ1n) is 9.54. The highest BCUT2D eigenvalue weighted by atomic mass is 16.6. The molecule has 3 heterocycles. The van der Waals surface area contributed by atoms with Crippen molar-refractivity contribution in [2.75, 3.05) is 5.32 Å². The highest BCUT2D eigenvalue weighted by molar-refractivity contribution is 5.94. The lowest BCUT2D eigenvalue weighted by molar-refractivity contribution is -0.384. The maximum absolute atomic E-state index is 11.8. The van der Waals surface area contributed by atoms with Gasteiger partial charge in [0.05, 0.1) is 27.3 Å². The summed E-state index contributed by atoms with van der Waals surface area (Å²) in [5, 5.41) is 18.3. The molecule has 12 nitrogen and oxygen atoms in total. The summed E-state index contributed by atoms with van der Waals surface area (Å²) < 4.78 is 1.62.